The number of nitrogens with zero attached hydrogens (tertiary/aromatic N) is 2. The summed E-state index contributed by atoms with van der Waals surface area (Å²) in [5.74, 6) is 0.933. The first kappa shape index (κ1) is 10.1. The number of ether oxygens (including phenoxy) is 1. The molecule has 0 bridgehead atoms. The molecule has 1 aromatic heterocycles. The van der Waals surface area contributed by atoms with Crippen LogP contribution in [0.5, 0.6) is 0 Å². The summed E-state index contributed by atoms with van der Waals surface area (Å²) in [5.41, 5.74) is 0. The second kappa shape index (κ2) is 4.43. The standard InChI is InChI=1S/C9H10Cl2N2O/c10-7-4-8(11)13-9(12-7)6-2-1-3-14-5-6/h4,6H,1-3,5H2. The molecule has 0 radical (unpaired) electrons. The van der Waals surface area contributed by atoms with Crippen molar-refractivity contribution in [2.75, 3.05) is 13.2 Å². The van der Waals surface area contributed by atoms with E-state index >= 15 is 0 Å². The Hall–Kier alpha value is -0.380. The Morgan fingerprint density at radius 3 is 2.57 bits per heavy atom. The van der Waals surface area contributed by atoms with Crippen LogP contribution in [0.15, 0.2) is 6.07 Å². The molecule has 2 rings (SSSR count). The lowest BCUT2D eigenvalue weighted by Crippen LogP contribution is -2.17. The van der Waals surface area contributed by atoms with Crippen molar-refractivity contribution in [3.05, 3.63) is 22.2 Å². The van der Waals surface area contributed by atoms with E-state index in [-0.39, 0.29) is 5.92 Å². The summed E-state index contributed by atoms with van der Waals surface area (Å²) in [7, 11) is 0. The molecule has 5 heteroatoms. The molecule has 0 aromatic carbocycles. The molecule has 0 amide bonds. The van der Waals surface area contributed by atoms with Gasteiger partial charge in [-0.15, -0.1) is 0 Å². The monoisotopic (exact) mass is 232 g/mol. The number of aromatic nitrogens is 2. The summed E-state index contributed by atoms with van der Waals surface area (Å²) in [6.45, 7) is 1.49. The van der Waals surface area contributed by atoms with E-state index in [0.717, 1.165) is 19.4 Å². The first-order chi connectivity index (χ1) is 6.75. The van der Waals surface area contributed by atoms with E-state index in [9.17, 15) is 0 Å². The van der Waals surface area contributed by atoms with Gasteiger partial charge in [0.25, 0.3) is 0 Å². The van der Waals surface area contributed by atoms with Gasteiger partial charge in [0.1, 0.15) is 16.1 Å². The van der Waals surface area contributed by atoms with E-state index in [0.29, 0.717) is 22.7 Å². The van der Waals surface area contributed by atoms with Gasteiger partial charge in [0, 0.05) is 18.6 Å². The molecule has 1 unspecified atom stereocenters. The maximum Gasteiger partial charge on any atom is 0.137 e. The summed E-state index contributed by atoms with van der Waals surface area (Å²) in [6, 6.07) is 1.54. The lowest BCUT2D eigenvalue weighted by atomic mass is 10.0. The fourth-order valence-corrected chi connectivity index (χ4v) is 1.97. The van der Waals surface area contributed by atoms with Crippen LogP contribution in [-0.4, -0.2) is 23.2 Å². The van der Waals surface area contributed by atoms with Crippen LogP contribution in [0.3, 0.4) is 0 Å². The van der Waals surface area contributed by atoms with Gasteiger partial charge in [-0.05, 0) is 12.8 Å². The maximum atomic E-state index is 5.79. The van der Waals surface area contributed by atoms with E-state index in [1.54, 1.807) is 0 Å². The molecule has 2 heterocycles. The Morgan fingerprint density at radius 2 is 2.00 bits per heavy atom. The lowest BCUT2D eigenvalue weighted by molar-refractivity contribution is 0.0780. The highest BCUT2D eigenvalue weighted by molar-refractivity contribution is 6.33. The summed E-state index contributed by atoms with van der Waals surface area (Å²) in [4.78, 5) is 8.30. The minimum atomic E-state index is 0.236. The number of halogens is 2. The zero-order chi connectivity index (χ0) is 9.97. The smallest absolute Gasteiger partial charge is 0.137 e. The number of hydrogen-bond donors (Lipinski definition) is 0. The van der Waals surface area contributed by atoms with Crippen LogP contribution in [0.1, 0.15) is 24.6 Å². The fourth-order valence-electron chi connectivity index (χ4n) is 1.53. The van der Waals surface area contributed by atoms with Gasteiger partial charge in [-0.2, -0.15) is 0 Å². The van der Waals surface area contributed by atoms with Gasteiger partial charge < -0.3 is 4.74 Å². The number of hydrogen-bond acceptors (Lipinski definition) is 3. The van der Waals surface area contributed by atoms with E-state index in [1.807, 2.05) is 0 Å². The van der Waals surface area contributed by atoms with Gasteiger partial charge in [0.15, 0.2) is 0 Å². The largest absolute Gasteiger partial charge is 0.381 e. The minimum absolute atomic E-state index is 0.236. The van der Waals surface area contributed by atoms with Crippen LogP contribution >= 0.6 is 23.2 Å². The van der Waals surface area contributed by atoms with Gasteiger partial charge >= 0.3 is 0 Å². The molecule has 3 nitrogen and oxygen atoms in total. The van der Waals surface area contributed by atoms with E-state index in [1.165, 1.54) is 6.07 Å². The Morgan fingerprint density at radius 1 is 1.29 bits per heavy atom. The molecule has 0 saturated carbocycles. The lowest BCUT2D eigenvalue weighted by Gasteiger charge is -2.20. The zero-order valence-corrected chi connectivity index (χ0v) is 9.05. The van der Waals surface area contributed by atoms with Crippen molar-refractivity contribution in [2.24, 2.45) is 0 Å². The SMILES string of the molecule is Clc1cc(Cl)nc(C2CCCOC2)n1. The van der Waals surface area contributed by atoms with Crippen LogP contribution in [0, 0.1) is 0 Å². The topological polar surface area (TPSA) is 35.0 Å². The van der Waals surface area contributed by atoms with Crippen molar-refractivity contribution in [1.82, 2.24) is 9.97 Å². The van der Waals surface area contributed by atoms with Gasteiger partial charge in [-0.1, -0.05) is 23.2 Å². The Kier molecular flexibility index (Phi) is 3.21. The second-order valence-electron chi connectivity index (χ2n) is 3.29. The minimum Gasteiger partial charge on any atom is -0.381 e. The molecule has 14 heavy (non-hydrogen) atoms. The molecule has 76 valence electrons. The second-order valence-corrected chi connectivity index (χ2v) is 4.06. The van der Waals surface area contributed by atoms with Crippen molar-refractivity contribution in [3.63, 3.8) is 0 Å². The predicted octanol–water partition coefficient (Wildman–Crippen LogP) is 2.68. The first-order valence-corrected chi connectivity index (χ1v) is 5.29. The van der Waals surface area contributed by atoms with Crippen molar-refractivity contribution in [3.8, 4) is 0 Å². The van der Waals surface area contributed by atoms with Crippen LogP contribution in [0.25, 0.3) is 0 Å². The first-order valence-electron chi connectivity index (χ1n) is 4.53. The van der Waals surface area contributed by atoms with Crippen LogP contribution < -0.4 is 0 Å². The van der Waals surface area contributed by atoms with Crippen molar-refractivity contribution >= 4 is 23.2 Å². The highest BCUT2D eigenvalue weighted by atomic mass is 35.5. The van der Waals surface area contributed by atoms with Crippen LogP contribution in [0.4, 0.5) is 0 Å². The van der Waals surface area contributed by atoms with Crippen LogP contribution in [-0.2, 0) is 4.74 Å². The molecule has 1 aliphatic heterocycles. The highest BCUT2D eigenvalue weighted by Crippen LogP contribution is 2.24. The molecular weight excluding hydrogens is 223 g/mol. The third kappa shape index (κ3) is 2.35. The summed E-state index contributed by atoms with van der Waals surface area (Å²) < 4.78 is 5.35. The molecule has 0 aliphatic carbocycles. The molecule has 1 fully saturated rings. The third-order valence-corrected chi connectivity index (χ3v) is 2.59. The van der Waals surface area contributed by atoms with E-state index in [4.69, 9.17) is 27.9 Å². The molecule has 1 aliphatic rings. The Bertz CT molecular complexity index is 306. The molecule has 1 saturated heterocycles. The zero-order valence-electron chi connectivity index (χ0n) is 7.54. The third-order valence-electron chi connectivity index (χ3n) is 2.21. The Balaban J connectivity index is 2.21. The molecule has 1 atom stereocenters. The van der Waals surface area contributed by atoms with Crippen molar-refractivity contribution in [2.45, 2.75) is 18.8 Å². The molecular formula is C9H10Cl2N2O. The highest BCUT2D eigenvalue weighted by Gasteiger charge is 2.19. The molecule has 0 spiro atoms. The van der Waals surface area contributed by atoms with Crippen molar-refractivity contribution in [1.29, 1.82) is 0 Å². The van der Waals surface area contributed by atoms with Gasteiger partial charge in [0.2, 0.25) is 0 Å². The summed E-state index contributed by atoms with van der Waals surface area (Å²) in [5, 5.41) is 0.788. The average molecular weight is 233 g/mol. The summed E-state index contributed by atoms with van der Waals surface area (Å²) in [6.07, 6.45) is 2.08. The normalized spacial score (nSPS) is 22.3. The predicted molar refractivity (Wildman–Crippen MR) is 54.8 cm³/mol. The number of rotatable bonds is 1. The summed E-state index contributed by atoms with van der Waals surface area (Å²) >= 11 is 11.6. The molecule has 0 N–H and O–H groups in total. The quantitative estimate of drug-likeness (QED) is 0.699. The maximum absolute atomic E-state index is 5.79. The van der Waals surface area contributed by atoms with E-state index < -0.39 is 0 Å². The fraction of sp³-hybridized carbons (Fsp3) is 0.556. The van der Waals surface area contributed by atoms with Gasteiger partial charge in [-0.25, -0.2) is 9.97 Å². The van der Waals surface area contributed by atoms with E-state index in [2.05, 4.69) is 9.97 Å². The van der Waals surface area contributed by atoms with Crippen molar-refractivity contribution < 1.29 is 4.74 Å². The van der Waals surface area contributed by atoms with Gasteiger partial charge in [-0.3, -0.25) is 0 Å². The molecule has 1 aromatic rings. The van der Waals surface area contributed by atoms with Crippen LogP contribution in [0.2, 0.25) is 10.3 Å². The average Bonchev–Trinajstić information content (AvgIpc) is 2.18. The van der Waals surface area contributed by atoms with Gasteiger partial charge in [0.05, 0.1) is 6.61 Å². The Labute approximate surface area is 92.4 Å².